The molecule has 0 radical (unpaired) electrons. The number of nitrogens with zero attached hydrogens (tertiary/aromatic N) is 1. The van der Waals surface area contributed by atoms with Crippen LogP contribution in [-0.4, -0.2) is 4.98 Å². The fourth-order valence-corrected chi connectivity index (χ4v) is 2.58. The van der Waals surface area contributed by atoms with Crippen LogP contribution in [0.25, 0.3) is 0 Å². The topological polar surface area (TPSA) is 64.9 Å². The van der Waals surface area contributed by atoms with Gasteiger partial charge in [-0.15, -0.1) is 0 Å². The fraction of sp³-hybridized carbons (Fsp3) is 0. The summed E-state index contributed by atoms with van der Waals surface area (Å²) in [5.41, 5.74) is 11.8. The molecule has 0 unspecified atom stereocenters. The van der Waals surface area contributed by atoms with Crippen molar-refractivity contribution in [3.63, 3.8) is 0 Å². The third kappa shape index (κ3) is 2.68. The molecule has 0 atom stereocenters. The summed E-state index contributed by atoms with van der Waals surface area (Å²) in [5, 5.41) is 0.838. The Balaban J connectivity index is 2.24. The highest BCUT2D eigenvalue weighted by Gasteiger charge is 2.02. The number of aromatic nitrogens is 1. The Labute approximate surface area is 106 Å². The van der Waals surface area contributed by atoms with Crippen molar-refractivity contribution in [1.82, 2.24) is 4.98 Å². The molecule has 16 heavy (non-hydrogen) atoms. The number of hydrogen-bond donors (Lipinski definition) is 2. The zero-order chi connectivity index (χ0) is 11.5. The maximum absolute atomic E-state index is 5.65. The molecular formula is C11H10BrN3S. The highest BCUT2D eigenvalue weighted by Crippen LogP contribution is 2.29. The molecule has 0 saturated carbocycles. The number of hydrogen-bond acceptors (Lipinski definition) is 4. The molecule has 1 heterocycles. The molecule has 3 nitrogen and oxygen atoms in total. The van der Waals surface area contributed by atoms with Gasteiger partial charge in [-0.05, 0) is 30.3 Å². The summed E-state index contributed by atoms with van der Waals surface area (Å²) < 4.78 is 1.04. The van der Waals surface area contributed by atoms with E-state index in [2.05, 4.69) is 20.9 Å². The van der Waals surface area contributed by atoms with Crippen molar-refractivity contribution in [1.29, 1.82) is 0 Å². The van der Waals surface area contributed by atoms with Crippen molar-refractivity contribution in [3.05, 3.63) is 40.9 Å². The van der Waals surface area contributed by atoms with E-state index in [1.807, 2.05) is 30.3 Å². The zero-order valence-corrected chi connectivity index (χ0v) is 10.8. The van der Waals surface area contributed by atoms with Gasteiger partial charge in [-0.2, -0.15) is 0 Å². The highest BCUT2D eigenvalue weighted by molar-refractivity contribution is 9.10. The van der Waals surface area contributed by atoms with E-state index in [-0.39, 0.29) is 0 Å². The second kappa shape index (κ2) is 4.76. The van der Waals surface area contributed by atoms with Crippen LogP contribution in [0.3, 0.4) is 0 Å². The largest absolute Gasteiger partial charge is 0.396 e. The fourth-order valence-electron chi connectivity index (χ4n) is 1.18. The van der Waals surface area contributed by atoms with E-state index >= 15 is 0 Å². The molecule has 0 aliphatic rings. The number of rotatable bonds is 2. The molecule has 5 heteroatoms. The van der Waals surface area contributed by atoms with Gasteiger partial charge in [0.1, 0.15) is 10.8 Å². The van der Waals surface area contributed by atoms with Gasteiger partial charge in [-0.25, -0.2) is 4.98 Å². The minimum absolute atomic E-state index is 0.375. The molecule has 1 aromatic carbocycles. The van der Waals surface area contributed by atoms with E-state index in [4.69, 9.17) is 11.5 Å². The summed E-state index contributed by atoms with van der Waals surface area (Å²) in [7, 11) is 0. The van der Waals surface area contributed by atoms with E-state index < -0.39 is 0 Å². The Kier molecular flexibility index (Phi) is 3.36. The number of anilines is 2. The first-order chi connectivity index (χ1) is 7.65. The van der Waals surface area contributed by atoms with E-state index in [1.165, 1.54) is 0 Å². The summed E-state index contributed by atoms with van der Waals surface area (Å²) in [6.07, 6.45) is 0. The lowest BCUT2D eigenvalue weighted by Gasteiger charge is -2.04. The van der Waals surface area contributed by atoms with Gasteiger partial charge in [-0.1, -0.05) is 33.8 Å². The third-order valence-electron chi connectivity index (χ3n) is 1.95. The molecule has 4 N–H and O–H groups in total. The molecule has 0 aliphatic carbocycles. The van der Waals surface area contributed by atoms with Gasteiger partial charge in [0.25, 0.3) is 0 Å². The van der Waals surface area contributed by atoms with E-state index in [1.54, 1.807) is 17.8 Å². The molecule has 0 spiro atoms. The van der Waals surface area contributed by atoms with Crippen LogP contribution < -0.4 is 11.5 Å². The quantitative estimate of drug-likeness (QED) is 0.893. The van der Waals surface area contributed by atoms with E-state index in [9.17, 15) is 0 Å². The lowest BCUT2D eigenvalue weighted by atomic mass is 10.4. The number of benzene rings is 1. The summed E-state index contributed by atoms with van der Waals surface area (Å²) in [6.45, 7) is 0. The van der Waals surface area contributed by atoms with Crippen LogP contribution in [-0.2, 0) is 0 Å². The van der Waals surface area contributed by atoms with Crippen LogP contribution in [0.2, 0.25) is 0 Å². The minimum atomic E-state index is 0.375. The first kappa shape index (κ1) is 11.3. The van der Waals surface area contributed by atoms with Gasteiger partial charge in [-0.3, -0.25) is 0 Å². The van der Waals surface area contributed by atoms with Gasteiger partial charge in [0.2, 0.25) is 0 Å². The minimum Gasteiger partial charge on any atom is -0.396 e. The van der Waals surface area contributed by atoms with Crippen LogP contribution in [0.1, 0.15) is 0 Å². The maximum atomic E-state index is 5.65. The molecule has 2 rings (SSSR count). The normalized spacial score (nSPS) is 10.3. The van der Waals surface area contributed by atoms with Crippen molar-refractivity contribution in [2.24, 2.45) is 0 Å². The van der Waals surface area contributed by atoms with Crippen molar-refractivity contribution in [2.75, 3.05) is 11.5 Å². The van der Waals surface area contributed by atoms with E-state index in [0.29, 0.717) is 11.5 Å². The molecule has 0 bridgehead atoms. The predicted octanol–water partition coefficient (Wildman–Crippen LogP) is 3.16. The van der Waals surface area contributed by atoms with Crippen LogP contribution >= 0.6 is 27.7 Å². The van der Waals surface area contributed by atoms with Crippen molar-refractivity contribution < 1.29 is 0 Å². The van der Waals surface area contributed by atoms with E-state index in [0.717, 1.165) is 14.4 Å². The molecule has 2 aromatic rings. The Morgan fingerprint density at radius 3 is 2.62 bits per heavy atom. The second-order valence-electron chi connectivity index (χ2n) is 3.18. The van der Waals surface area contributed by atoms with Crippen LogP contribution in [0.15, 0.2) is 50.8 Å². The van der Waals surface area contributed by atoms with Gasteiger partial charge in [0, 0.05) is 9.37 Å². The standard InChI is InChI=1S/C11H10BrN3S/c12-7-2-1-3-8(6-7)16-10-5-4-9(13)11(14)15-10/h1-6H,13H2,(H2,14,15). The molecule has 1 aromatic heterocycles. The summed E-state index contributed by atoms with van der Waals surface area (Å²) in [6, 6.07) is 11.6. The van der Waals surface area contributed by atoms with Crippen molar-refractivity contribution >= 4 is 39.2 Å². The SMILES string of the molecule is Nc1ccc(Sc2cccc(Br)c2)nc1N. The molecule has 0 amide bonds. The monoisotopic (exact) mass is 295 g/mol. The second-order valence-corrected chi connectivity index (χ2v) is 5.19. The Morgan fingerprint density at radius 2 is 1.94 bits per heavy atom. The average Bonchev–Trinajstić information content (AvgIpc) is 2.24. The van der Waals surface area contributed by atoms with Crippen LogP contribution in [0, 0.1) is 0 Å². The van der Waals surface area contributed by atoms with Crippen LogP contribution in [0.5, 0.6) is 0 Å². The highest BCUT2D eigenvalue weighted by atomic mass is 79.9. The Hall–Kier alpha value is -1.20. The summed E-state index contributed by atoms with van der Waals surface area (Å²) in [4.78, 5) is 5.30. The number of nitrogen functional groups attached to an aromatic ring is 2. The zero-order valence-electron chi connectivity index (χ0n) is 8.35. The lowest BCUT2D eigenvalue weighted by molar-refractivity contribution is 1.15. The molecular weight excluding hydrogens is 286 g/mol. The molecule has 0 saturated heterocycles. The smallest absolute Gasteiger partial charge is 0.147 e. The first-order valence-electron chi connectivity index (χ1n) is 4.60. The number of nitrogens with two attached hydrogens (primary N) is 2. The lowest BCUT2D eigenvalue weighted by Crippen LogP contribution is -1.97. The van der Waals surface area contributed by atoms with Gasteiger partial charge >= 0.3 is 0 Å². The maximum Gasteiger partial charge on any atom is 0.147 e. The number of halogens is 1. The van der Waals surface area contributed by atoms with Crippen LogP contribution in [0.4, 0.5) is 11.5 Å². The number of pyridine rings is 1. The molecule has 0 aliphatic heterocycles. The third-order valence-corrected chi connectivity index (χ3v) is 3.37. The first-order valence-corrected chi connectivity index (χ1v) is 6.21. The molecule has 0 fully saturated rings. The van der Waals surface area contributed by atoms with Crippen molar-refractivity contribution in [2.45, 2.75) is 9.92 Å². The Morgan fingerprint density at radius 1 is 1.12 bits per heavy atom. The average molecular weight is 296 g/mol. The van der Waals surface area contributed by atoms with Gasteiger partial charge in [0.05, 0.1) is 5.69 Å². The van der Waals surface area contributed by atoms with Crippen molar-refractivity contribution in [3.8, 4) is 0 Å². The Bertz CT molecular complexity index is 516. The van der Waals surface area contributed by atoms with Gasteiger partial charge in [0.15, 0.2) is 0 Å². The summed E-state index contributed by atoms with van der Waals surface area (Å²) >= 11 is 4.97. The summed E-state index contributed by atoms with van der Waals surface area (Å²) in [5.74, 6) is 0.375. The predicted molar refractivity (Wildman–Crippen MR) is 71.3 cm³/mol. The van der Waals surface area contributed by atoms with Gasteiger partial charge < -0.3 is 11.5 Å². The molecule has 82 valence electrons.